The van der Waals surface area contributed by atoms with Gasteiger partial charge in [-0.3, -0.25) is 9.59 Å². The van der Waals surface area contributed by atoms with Crippen LogP contribution < -0.4 is 0 Å². The molecule has 4 nitrogen and oxygen atoms in total. The van der Waals surface area contributed by atoms with E-state index in [4.69, 9.17) is 9.47 Å². The van der Waals surface area contributed by atoms with E-state index in [9.17, 15) is 9.59 Å². The number of hydrogen-bond donors (Lipinski definition) is 0. The zero-order valence-electron chi connectivity index (χ0n) is 21.1. The zero-order valence-corrected chi connectivity index (χ0v) is 21.1. The van der Waals surface area contributed by atoms with Crippen LogP contribution in [0.4, 0.5) is 0 Å². The fraction of sp³-hybridized carbons (Fsp3) is 0.926. The van der Waals surface area contributed by atoms with Gasteiger partial charge >= 0.3 is 11.9 Å². The zero-order chi connectivity index (χ0) is 23.0. The molecule has 0 aromatic heterocycles. The molecule has 0 aliphatic heterocycles. The number of esters is 2. The molecule has 0 saturated heterocycles. The van der Waals surface area contributed by atoms with Crippen molar-refractivity contribution < 1.29 is 19.1 Å². The van der Waals surface area contributed by atoms with E-state index < -0.39 is 0 Å². The van der Waals surface area contributed by atoms with E-state index in [1.165, 1.54) is 83.5 Å². The van der Waals surface area contributed by atoms with E-state index >= 15 is 0 Å². The SMILES string of the molecule is CCCCCCCCCCCCCCCCCOC(=O)CCCC(=O)OCC(C)CC. The average molecular weight is 441 g/mol. The topological polar surface area (TPSA) is 52.6 Å². The number of ether oxygens (including phenoxy) is 2. The molecule has 0 N–H and O–H groups in total. The van der Waals surface area contributed by atoms with Crippen LogP contribution in [0.25, 0.3) is 0 Å². The maximum absolute atomic E-state index is 11.7. The molecule has 0 radical (unpaired) electrons. The molecule has 0 aliphatic rings. The molecule has 1 unspecified atom stereocenters. The van der Waals surface area contributed by atoms with Gasteiger partial charge in [-0.15, -0.1) is 0 Å². The summed E-state index contributed by atoms with van der Waals surface area (Å²) in [6.45, 7) is 7.39. The summed E-state index contributed by atoms with van der Waals surface area (Å²) in [4.78, 5) is 23.3. The Labute approximate surface area is 193 Å². The molecule has 4 heteroatoms. The molecule has 0 rings (SSSR count). The molecule has 0 bridgehead atoms. The first-order chi connectivity index (χ1) is 15.1. The van der Waals surface area contributed by atoms with Gasteiger partial charge in [0, 0.05) is 12.8 Å². The summed E-state index contributed by atoms with van der Waals surface area (Å²) in [5, 5.41) is 0. The van der Waals surface area contributed by atoms with Crippen molar-refractivity contribution in [1.82, 2.24) is 0 Å². The number of hydrogen-bond acceptors (Lipinski definition) is 4. The second-order valence-electron chi connectivity index (χ2n) is 9.22. The summed E-state index contributed by atoms with van der Waals surface area (Å²) in [6, 6.07) is 0. The van der Waals surface area contributed by atoms with Crippen LogP contribution in [-0.4, -0.2) is 25.2 Å². The van der Waals surface area contributed by atoms with Crippen molar-refractivity contribution >= 4 is 11.9 Å². The van der Waals surface area contributed by atoms with Crippen LogP contribution in [0, 0.1) is 5.92 Å². The molecule has 31 heavy (non-hydrogen) atoms. The maximum Gasteiger partial charge on any atom is 0.305 e. The van der Waals surface area contributed by atoms with Crippen LogP contribution in [-0.2, 0) is 19.1 Å². The lowest BCUT2D eigenvalue weighted by atomic mass is 10.0. The highest BCUT2D eigenvalue weighted by molar-refractivity contribution is 5.72. The highest BCUT2D eigenvalue weighted by Gasteiger charge is 2.08. The van der Waals surface area contributed by atoms with Gasteiger partial charge in [-0.25, -0.2) is 0 Å². The lowest BCUT2D eigenvalue weighted by Crippen LogP contribution is -2.12. The first-order valence-corrected chi connectivity index (χ1v) is 13.4. The van der Waals surface area contributed by atoms with E-state index in [0.29, 0.717) is 38.4 Å². The number of carbonyl (C=O) groups is 2. The lowest BCUT2D eigenvalue weighted by molar-refractivity contribution is -0.146. The summed E-state index contributed by atoms with van der Waals surface area (Å²) < 4.78 is 10.4. The van der Waals surface area contributed by atoms with Crippen molar-refractivity contribution in [2.24, 2.45) is 5.92 Å². The second kappa shape index (κ2) is 23.6. The third kappa shape index (κ3) is 23.4. The van der Waals surface area contributed by atoms with Crippen molar-refractivity contribution in [3.63, 3.8) is 0 Å². The minimum atomic E-state index is -0.212. The van der Waals surface area contributed by atoms with Crippen molar-refractivity contribution in [2.75, 3.05) is 13.2 Å². The Morgan fingerprint density at radius 1 is 0.581 bits per heavy atom. The Morgan fingerprint density at radius 2 is 1.00 bits per heavy atom. The van der Waals surface area contributed by atoms with Gasteiger partial charge in [0.15, 0.2) is 0 Å². The van der Waals surface area contributed by atoms with E-state index in [2.05, 4.69) is 20.8 Å². The van der Waals surface area contributed by atoms with Gasteiger partial charge < -0.3 is 9.47 Å². The highest BCUT2D eigenvalue weighted by atomic mass is 16.5. The van der Waals surface area contributed by atoms with Crippen molar-refractivity contribution in [1.29, 1.82) is 0 Å². The Morgan fingerprint density at radius 3 is 1.45 bits per heavy atom. The van der Waals surface area contributed by atoms with Gasteiger partial charge in [-0.05, 0) is 18.8 Å². The van der Waals surface area contributed by atoms with Gasteiger partial charge in [0.05, 0.1) is 13.2 Å². The van der Waals surface area contributed by atoms with Crippen LogP contribution in [0.2, 0.25) is 0 Å². The Kier molecular flexibility index (Phi) is 22.8. The molecule has 0 saturated carbocycles. The monoisotopic (exact) mass is 440 g/mol. The van der Waals surface area contributed by atoms with E-state index in [1.54, 1.807) is 0 Å². The third-order valence-electron chi connectivity index (χ3n) is 6.00. The molecule has 0 heterocycles. The lowest BCUT2D eigenvalue weighted by Gasteiger charge is -2.09. The molecule has 0 amide bonds. The molecule has 1 atom stereocenters. The van der Waals surface area contributed by atoms with Crippen molar-refractivity contribution in [2.45, 2.75) is 143 Å². The first-order valence-electron chi connectivity index (χ1n) is 13.4. The van der Waals surface area contributed by atoms with Crippen molar-refractivity contribution in [3.8, 4) is 0 Å². The van der Waals surface area contributed by atoms with Gasteiger partial charge in [-0.2, -0.15) is 0 Å². The molecule has 184 valence electrons. The minimum absolute atomic E-state index is 0.194. The van der Waals surface area contributed by atoms with Crippen LogP contribution >= 0.6 is 0 Å². The van der Waals surface area contributed by atoms with Gasteiger partial charge in [0.2, 0.25) is 0 Å². The van der Waals surface area contributed by atoms with Gasteiger partial charge in [-0.1, -0.05) is 117 Å². The highest BCUT2D eigenvalue weighted by Crippen LogP contribution is 2.13. The molecular weight excluding hydrogens is 388 g/mol. The number of unbranched alkanes of at least 4 members (excludes halogenated alkanes) is 14. The molecule has 0 aliphatic carbocycles. The van der Waals surface area contributed by atoms with Crippen LogP contribution in [0.15, 0.2) is 0 Å². The minimum Gasteiger partial charge on any atom is -0.466 e. The summed E-state index contributed by atoms with van der Waals surface area (Å²) in [5.41, 5.74) is 0. The van der Waals surface area contributed by atoms with Crippen molar-refractivity contribution in [3.05, 3.63) is 0 Å². The summed E-state index contributed by atoms with van der Waals surface area (Å²) in [7, 11) is 0. The van der Waals surface area contributed by atoms with E-state index in [1.807, 2.05) is 0 Å². The van der Waals surface area contributed by atoms with Gasteiger partial charge in [0.1, 0.15) is 0 Å². The average Bonchev–Trinajstić information content (AvgIpc) is 2.77. The van der Waals surface area contributed by atoms with E-state index in [-0.39, 0.29) is 11.9 Å². The predicted octanol–water partition coefficient (Wildman–Crippen LogP) is 8.16. The molecule has 0 aromatic rings. The summed E-state index contributed by atoms with van der Waals surface area (Å²) >= 11 is 0. The van der Waals surface area contributed by atoms with Crippen LogP contribution in [0.1, 0.15) is 143 Å². The summed E-state index contributed by atoms with van der Waals surface area (Å²) in [5.74, 6) is -0.0144. The number of carbonyl (C=O) groups excluding carboxylic acids is 2. The molecule has 0 aromatic carbocycles. The van der Waals surface area contributed by atoms with E-state index in [0.717, 1.165) is 19.3 Å². The third-order valence-corrected chi connectivity index (χ3v) is 6.00. The number of rotatable bonds is 23. The maximum atomic E-state index is 11.7. The Balaban J connectivity index is 3.26. The Bertz CT molecular complexity index is 408. The largest absolute Gasteiger partial charge is 0.466 e. The quantitative estimate of drug-likeness (QED) is 0.119. The smallest absolute Gasteiger partial charge is 0.305 e. The fourth-order valence-electron chi connectivity index (χ4n) is 3.53. The first kappa shape index (κ1) is 29.9. The fourth-order valence-corrected chi connectivity index (χ4v) is 3.53. The van der Waals surface area contributed by atoms with Gasteiger partial charge in [0.25, 0.3) is 0 Å². The normalized spacial score (nSPS) is 12.0. The Hall–Kier alpha value is -1.06. The molecule has 0 fully saturated rings. The standard InChI is InChI=1S/C27H52O4/c1-4-6-7-8-9-10-11-12-13-14-15-16-17-18-19-23-30-26(28)21-20-22-27(29)31-24-25(3)5-2/h25H,4-24H2,1-3H3. The van der Waals surface area contributed by atoms with Crippen LogP contribution in [0.5, 0.6) is 0 Å². The molecule has 0 spiro atoms. The summed E-state index contributed by atoms with van der Waals surface area (Å²) in [6.07, 6.45) is 22.1. The predicted molar refractivity (Wildman–Crippen MR) is 130 cm³/mol. The van der Waals surface area contributed by atoms with Crippen LogP contribution in [0.3, 0.4) is 0 Å². The second-order valence-corrected chi connectivity index (χ2v) is 9.22. The molecular formula is C27H52O4.